The molecular formula is C14H23NO2. The molecule has 1 saturated heterocycles. The fourth-order valence-corrected chi connectivity index (χ4v) is 2.52. The topological polar surface area (TPSA) is 34.4 Å². The van der Waals surface area contributed by atoms with Crippen LogP contribution < -0.4 is 5.32 Å². The number of nitrogens with one attached hydrogen (secondary N) is 1. The van der Waals surface area contributed by atoms with Crippen LogP contribution in [0.25, 0.3) is 0 Å². The quantitative estimate of drug-likeness (QED) is 0.826. The van der Waals surface area contributed by atoms with Crippen LogP contribution in [-0.2, 0) is 11.2 Å². The van der Waals surface area contributed by atoms with Gasteiger partial charge < -0.3 is 14.5 Å². The van der Waals surface area contributed by atoms with Gasteiger partial charge in [-0.15, -0.1) is 0 Å². The van der Waals surface area contributed by atoms with Gasteiger partial charge in [-0.2, -0.15) is 0 Å². The summed E-state index contributed by atoms with van der Waals surface area (Å²) in [5, 5.41) is 3.68. The molecule has 0 saturated carbocycles. The van der Waals surface area contributed by atoms with E-state index in [2.05, 4.69) is 18.3 Å². The third-order valence-corrected chi connectivity index (χ3v) is 3.53. The highest BCUT2D eigenvalue weighted by atomic mass is 16.5. The van der Waals surface area contributed by atoms with Crippen LogP contribution in [0.2, 0.25) is 0 Å². The van der Waals surface area contributed by atoms with Gasteiger partial charge in [0.15, 0.2) is 0 Å². The first-order valence-electron chi connectivity index (χ1n) is 6.72. The summed E-state index contributed by atoms with van der Waals surface area (Å²) in [6.45, 7) is 5.15. The maximum absolute atomic E-state index is 5.44. The van der Waals surface area contributed by atoms with Crippen molar-refractivity contribution in [3.63, 3.8) is 0 Å². The molecule has 1 unspecified atom stereocenters. The van der Waals surface area contributed by atoms with Gasteiger partial charge in [-0.05, 0) is 49.8 Å². The number of hydrogen-bond donors (Lipinski definition) is 1. The molecule has 1 aromatic heterocycles. The SMILES string of the molecule is CCCNC(Cc1ccoc1)C1CCOCC1. The summed E-state index contributed by atoms with van der Waals surface area (Å²) >= 11 is 0. The van der Waals surface area contributed by atoms with Crippen molar-refractivity contribution in [1.82, 2.24) is 5.32 Å². The lowest BCUT2D eigenvalue weighted by molar-refractivity contribution is 0.0537. The van der Waals surface area contributed by atoms with E-state index in [1.165, 1.54) is 24.8 Å². The lowest BCUT2D eigenvalue weighted by atomic mass is 9.88. The average Bonchev–Trinajstić information content (AvgIpc) is 2.88. The average molecular weight is 237 g/mol. The second-order valence-corrected chi connectivity index (χ2v) is 4.85. The first-order chi connectivity index (χ1) is 8.40. The Hall–Kier alpha value is -0.800. The highest BCUT2D eigenvalue weighted by Gasteiger charge is 2.23. The van der Waals surface area contributed by atoms with Gasteiger partial charge in [0.25, 0.3) is 0 Å². The molecule has 0 radical (unpaired) electrons. The van der Waals surface area contributed by atoms with Gasteiger partial charge in [-0.1, -0.05) is 6.92 Å². The maximum Gasteiger partial charge on any atom is 0.0935 e. The van der Waals surface area contributed by atoms with Gasteiger partial charge in [0.05, 0.1) is 12.5 Å². The molecule has 0 aromatic carbocycles. The Morgan fingerprint density at radius 2 is 2.24 bits per heavy atom. The minimum atomic E-state index is 0.566. The molecule has 1 aliphatic heterocycles. The van der Waals surface area contributed by atoms with E-state index in [0.717, 1.165) is 32.1 Å². The first-order valence-corrected chi connectivity index (χ1v) is 6.72. The van der Waals surface area contributed by atoms with Crippen molar-refractivity contribution in [3.8, 4) is 0 Å². The minimum absolute atomic E-state index is 0.566. The van der Waals surface area contributed by atoms with E-state index < -0.39 is 0 Å². The number of rotatable bonds is 6. The Balaban J connectivity index is 1.91. The molecule has 1 aromatic rings. The monoisotopic (exact) mass is 237 g/mol. The van der Waals surface area contributed by atoms with Crippen LogP contribution in [-0.4, -0.2) is 25.8 Å². The van der Waals surface area contributed by atoms with E-state index in [-0.39, 0.29) is 0 Å². The second kappa shape index (κ2) is 6.82. The molecule has 0 bridgehead atoms. The minimum Gasteiger partial charge on any atom is -0.472 e. The highest BCUT2D eigenvalue weighted by molar-refractivity contribution is 5.08. The van der Waals surface area contributed by atoms with Gasteiger partial charge in [0.2, 0.25) is 0 Å². The Kier molecular flexibility index (Phi) is 5.08. The molecule has 17 heavy (non-hydrogen) atoms. The van der Waals surface area contributed by atoms with E-state index >= 15 is 0 Å². The summed E-state index contributed by atoms with van der Waals surface area (Å²) in [6.07, 6.45) is 8.24. The standard InChI is InChI=1S/C14H23NO2/c1-2-6-15-14(10-12-3-7-17-11-12)13-4-8-16-9-5-13/h3,7,11,13-15H,2,4-6,8-10H2,1H3. The Morgan fingerprint density at radius 1 is 1.41 bits per heavy atom. The molecule has 1 aliphatic rings. The molecule has 0 spiro atoms. The molecule has 96 valence electrons. The maximum atomic E-state index is 5.44. The summed E-state index contributed by atoms with van der Waals surface area (Å²) in [4.78, 5) is 0. The van der Waals surface area contributed by atoms with E-state index in [4.69, 9.17) is 9.15 Å². The van der Waals surface area contributed by atoms with E-state index in [0.29, 0.717) is 6.04 Å². The summed E-state index contributed by atoms with van der Waals surface area (Å²) in [5.41, 5.74) is 1.30. The zero-order chi connectivity index (χ0) is 11.9. The number of ether oxygens (including phenoxy) is 1. The molecule has 2 heterocycles. The van der Waals surface area contributed by atoms with Crippen LogP contribution in [0.5, 0.6) is 0 Å². The Bertz CT molecular complexity index is 291. The predicted octanol–water partition coefficient (Wildman–Crippen LogP) is 2.62. The normalized spacial score (nSPS) is 19.4. The third-order valence-electron chi connectivity index (χ3n) is 3.53. The van der Waals surface area contributed by atoms with Crippen molar-refractivity contribution >= 4 is 0 Å². The van der Waals surface area contributed by atoms with Gasteiger partial charge >= 0.3 is 0 Å². The summed E-state index contributed by atoms with van der Waals surface area (Å²) < 4.78 is 10.6. The van der Waals surface area contributed by atoms with Crippen molar-refractivity contribution in [3.05, 3.63) is 24.2 Å². The molecular weight excluding hydrogens is 214 g/mol. The van der Waals surface area contributed by atoms with Crippen LogP contribution in [0, 0.1) is 5.92 Å². The molecule has 0 amide bonds. The predicted molar refractivity (Wildman–Crippen MR) is 68.0 cm³/mol. The molecule has 0 aliphatic carbocycles. The fraction of sp³-hybridized carbons (Fsp3) is 0.714. The first kappa shape index (κ1) is 12.7. The molecule has 1 N–H and O–H groups in total. The van der Waals surface area contributed by atoms with Crippen molar-refractivity contribution in [1.29, 1.82) is 0 Å². The zero-order valence-corrected chi connectivity index (χ0v) is 10.7. The zero-order valence-electron chi connectivity index (χ0n) is 10.7. The van der Waals surface area contributed by atoms with Crippen LogP contribution in [0.4, 0.5) is 0 Å². The Morgan fingerprint density at radius 3 is 2.88 bits per heavy atom. The van der Waals surface area contributed by atoms with Gasteiger partial charge in [-0.3, -0.25) is 0 Å². The smallest absolute Gasteiger partial charge is 0.0935 e. The molecule has 3 heteroatoms. The van der Waals surface area contributed by atoms with Gasteiger partial charge in [0, 0.05) is 19.3 Å². The highest BCUT2D eigenvalue weighted by Crippen LogP contribution is 2.21. The van der Waals surface area contributed by atoms with Crippen LogP contribution in [0.1, 0.15) is 31.7 Å². The number of hydrogen-bond acceptors (Lipinski definition) is 3. The third kappa shape index (κ3) is 3.86. The van der Waals surface area contributed by atoms with Crippen LogP contribution >= 0.6 is 0 Å². The van der Waals surface area contributed by atoms with E-state index in [1.54, 1.807) is 6.26 Å². The van der Waals surface area contributed by atoms with Gasteiger partial charge in [-0.25, -0.2) is 0 Å². The molecule has 2 rings (SSSR count). The van der Waals surface area contributed by atoms with Crippen molar-refractivity contribution < 1.29 is 9.15 Å². The summed E-state index contributed by atoms with van der Waals surface area (Å²) in [7, 11) is 0. The second-order valence-electron chi connectivity index (χ2n) is 4.85. The summed E-state index contributed by atoms with van der Waals surface area (Å²) in [5.74, 6) is 0.741. The molecule has 3 nitrogen and oxygen atoms in total. The Labute approximate surface area is 104 Å². The van der Waals surface area contributed by atoms with Crippen molar-refractivity contribution in [2.45, 2.75) is 38.6 Å². The van der Waals surface area contributed by atoms with Crippen molar-refractivity contribution in [2.75, 3.05) is 19.8 Å². The fourth-order valence-electron chi connectivity index (χ4n) is 2.52. The van der Waals surface area contributed by atoms with Crippen LogP contribution in [0.3, 0.4) is 0 Å². The molecule has 1 atom stereocenters. The van der Waals surface area contributed by atoms with Crippen molar-refractivity contribution in [2.24, 2.45) is 5.92 Å². The summed E-state index contributed by atoms with van der Waals surface area (Å²) in [6, 6.07) is 2.64. The van der Waals surface area contributed by atoms with Gasteiger partial charge in [0.1, 0.15) is 0 Å². The number of furan rings is 1. The lowest BCUT2D eigenvalue weighted by Gasteiger charge is -2.31. The molecule has 1 fully saturated rings. The lowest BCUT2D eigenvalue weighted by Crippen LogP contribution is -2.41. The largest absolute Gasteiger partial charge is 0.472 e. The van der Waals surface area contributed by atoms with Crippen LogP contribution in [0.15, 0.2) is 23.0 Å². The van der Waals surface area contributed by atoms with E-state index in [1.807, 2.05) is 6.26 Å². The van der Waals surface area contributed by atoms with E-state index in [9.17, 15) is 0 Å².